The SMILES string of the molecule is NS(=O)(=O)c1cc2c3[nH]c(c2c(S(N)(=O)=O)c1S(N)(=O)=O)N=c1[nH]c(c2ccccc12)=Nc1[nH]c(c2ccccc12)N=c1[nH]c(c2ccccc12)=N3. The number of H-pyrrole nitrogens is 4. The van der Waals surface area contributed by atoms with Gasteiger partial charge < -0.3 is 19.9 Å². The van der Waals surface area contributed by atoms with E-state index in [4.69, 9.17) is 35.4 Å². The molecule has 10 N–H and O–H groups in total. The third-order valence-corrected chi connectivity index (χ3v) is 11.9. The van der Waals surface area contributed by atoms with Crippen LogP contribution in [0.5, 0.6) is 0 Å². The number of aromatic amines is 4. The fourth-order valence-corrected chi connectivity index (χ4v) is 10.3. The van der Waals surface area contributed by atoms with Gasteiger partial charge in [-0.2, -0.15) is 0 Å². The smallest absolute Gasteiger partial charge is 0.240 e. The van der Waals surface area contributed by atoms with Crippen molar-refractivity contribution in [3.05, 3.63) is 101 Å². The Morgan fingerprint density at radius 3 is 1.13 bits per heavy atom. The van der Waals surface area contributed by atoms with Crippen LogP contribution in [0.4, 0.5) is 23.3 Å². The third kappa shape index (κ3) is 4.88. The van der Waals surface area contributed by atoms with Gasteiger partial charge in [0.1, 0.15) is 59.9 Å². The first-order chi connectivity index (χ1) is 24.7. The van der Waals surface area contributed by atoms with Gasteiger partial charge in [0, 0.05) is 43.1 Å². The Bertz CT molecular complexity index is 3510. The molecule has 0 saturated heterocycles. The molecule has 0 amide bonds. The van der Waals surface area contributed by atoms with Crippen molar-refractivity contribution in [1.82, 2.24) is 19.9 Å². The monoisotopic (exact) mass is 753 g/mol. The molecule has 4 aromatic carbocycles. The summed E-state index contributed by atoms with van der Waals surface area (Å²) >= 11 is 0. The minimum atomic E-state index is -5.11. The molecule has 0 radical (unpaired) electrons. The molecule has 8 bridgehead atoms. The summed E-state index contributed by atoms with van der Waals surface area (Å²) < 4.78 is 78.5. The largest absolute Gasteiger partial charge is 0.324 e. The predicted molar refractivity (Wildman–Crippen MR) is 191 cm³/mol. The first-order valence-electron chi connectivity index (χ1n) is 15.2. The van der Waals surface area contributed by atoms with Crippen LogP contribution < -0.4 is 37.4 Å². The highest BCUT2D eigenvalue weighted by Crippen LogP contribution is 2.43. The van der Waals surface area contributed by atoms with Crippen LogP contribution in [0, 0.1) is 0 Å². The van der Waals surface area contributed by atoms with Gasteiger partial charge >= 0.3 is 0 Å². The van der Waals surface area contributed by atoms with E-state index in [2.05, 4.69) is 19.9 Å². The Kier molecular flexibility index (Phi) is 6.59. The molecule has 1 aliphatic rings. The lowest BCUT2D eigenvalue weighted by Gasteiger charge is -2.12. The Balaban J connectivity index is 1.57. The molecule has 20 heteroatoms. The molecule has 52 heavy (non-hydrogen) atoms. The molecule has 0 saturated carbocycles. The Labute approximate surface area is 291 Å². The van der Waals surface area contributed by atoms with Gasteiger partial charge in [0.2, 0.25) is 30.1 Å². The van der Waals surface area contributed by atoms with E-state index < -0.39 is 50.1 Å². The average Bonchev–Trinajstić information content (AvgIpc) is 3.82. The molecule has 17 nitrogen and oxygen atoms in total. The number of rotatable bonds is 3. The average molecular weight is 754 g/mol. The number of primary sulfonamides is 3. The Hall–Kier alpha value is -6.03. The van der Waals surface area contributed by atoms with Gasteiger partial charge in [-0.15, -0.1) is 0 Å². The lowest BCUT2D eigenvalue weighted by atomic mass is 10.2. The molecule has 0 spiro atoms. The maximum Gasteiger partial charge on any atom is 0.240 e. The molecule has 0 fully saturated rings. The lowest BCUT2D eigenvalue weighted by molar-refractivity contribution is 0.576. The zero-order valence-electron chi connectivity index (χ0n) is 26.2. The van der Waals surface area contributed by atoms with Crippen molar-refractivity contribution in [2.45, 2.75) is 14.7 Å². The molecule has 0 atom stereocenters. The van der Waals surface area contributed by atoms with Crippen molar-refractivity contribution in [3.8, 4) is 0 Å². The molecule has 5 heterocycles. The van der Waals surface area contributed by atoms with Gasteiger partial charge in [-0.1, -0.05) is 72.8 Å². The van der Waals surface area contributed by atoms with E-state index >= 15 is 0 Å². The number of sulfonamides is 3. The second kappa shape index (κ2) is 10.7. The first kappa shape index (κ1) is 31.9. The van der Waals surface area contributed by atoms with E-state index in [1.165, 1.54) is 0 Å². The third-order valence-electron chi connectivity index (χ3n) is 8.72. The number of nitrogens with one attached hydrogen (secondary N) is 4. The van der Waals surface area contributed by atoms with E-state index in [1.807, 2.05) is 36.4 Å². The van der Waals surface area contributed by atoms with Crippen molar-refractivity contribution < 1.29 is 25.3 Å². The predicted octanol–water partition coefficient (Wildman–Crippen LogP) is 1.67. The summed E-state index contributed by atoms with van der Waals surface area (Å²) in [5.41, 5.74) is 1.19. The fourth-order valence-electron chi connectivity index (χ4n) is 6.61. The van der Waals surface area contributed by atoms with Gasteiger partial charge in [0.25, 0.3) is 0 Å². The van der Waals surface area contributed by atoms with Gasteiger partial charge in [0.05, 0.1) is 0 Å². The number of nitrogens with zero attached hydrogens (tertiary/aromatic N) is 4. The number of hydrogen-bond acceptors (Lipinski definition) is 10. The molecule has 0 aliphatic carbocycles. The van der Waals surface area contributed by atoms with Crippen LogP contribution in [0.3, 0.4) is 0 Å². The van der Waals surface area contributed by atoms with Crippen molar-refractivity contribution in [3.63, 3.8) is 0 Å². The number of benzene rings is 4. The van der Waals surface area contributed by atoms with Gasteiger partial charge in [-0.25, -0.2) is 60.6 Å². The summed E-state index contributed by atoms with van der Waals surface area (Å²) in [5.74, 6) is 0.615. The van der Waals surface area contributed by atoms with Crippen LogP contribution in [0.25, 0.3) is 43.1 Å². The van der Waals surface area contributed by atoms with Crippen molar-refractivity contribution >= 4 is 96.4 Å². The molecule has 260 valence electrons. The van der Waals surface area contributed by atoms with E-state index in [9.17, 15) is 25.3 Å². The molecule has 4 aromatic heterocycles. The minimum absolute atomic E-state index is 0.122. The maximum absolute atomic E-state index is 13.3. The van der Waals surface area contributed by atoms with Crippen LogP contribution in [0.1, 0.15) is 0 Å². The standard InChI is InChI=1S/C32H23N11O6S3/c33-50(44,45)21-13-20-22(24(52(35,48)49)23(21)51(34,46)47)32-42-30-19-12-6-5-11-18(19)28(40-30)38-26-15-8-2-1-7-14(15)25(36-26)37-27-16-9-3-4-10-17(16)29(39-27)41-31(20)43-32/h1-13H,(H2,33,44,45)(H2,34,46,47)(H2,35,48,49)(H4,36,37,38,39,40,41,42,43). The molecular formula is C32H23N11O6S3. The summed E-state index contributed by atoms with van der Waals surface area (Å²) in [6.45, 7) is 0. The lowest BCUT2D eigenvalue weighted by Crippen LogP contribution is -2.25. The molecule has 8 aromatic rings. The summed E-state index contributed by atoms with van der Waals surface area (Å²) in [7, 11) is -15.1. The Morgan fingerprint density at radius 2 is 0.750 bits per heavy atom. The number of nitrogens with two attached hydrogens (primary N) is 3. The first-order valence-corrected chi connectivity index (χ1v) is 19.8. The number of hydrogen-bond donors (Lipinski definition) is 7. The summed E-state index contributed by atoms with van der Waals surface area (Å²) in [5, 5.41) is 20.0. The van der Waals surface area contributed by atoms with Crippen molar-refractivity contribution in [2.24, 2.45) is 35.4 Å². The molecular weight excluding hydrogens is 731 g/mol. The highest BCUT2D eigenvalue weighted by molar-refractivity contribution is 7.94. The number of aromatic nitrogens is 4. The van der Waals surface area contributed by atoms with Crippen molar-refractivity contribution in [2.75, 3.05) is 0 Å². The zero-order chi connectivity index (χ0) is 36.3. The quantitative estimate of drug-likeness (QED) is 0.141. The fraction of sp³-hybridized carbons (Fsp3) is 0. The summed E-state index contributed by atoms with van der Waals surface area (Å²) in [6.07, 6.45) is 0. The normalized spacial score (nSPS) is 13.6. The molecule has 0 unspecified atom stereocenters. The van der Waals surface area contributed by atoms with Crippen LogP contribution in [0.2, 0.25) is 0 Å². The van der Waals surface area contributed by atoms with Gasteiger partial charge in [0.15, 0.2) is 0 Å². The zero-order valence-corrected chi connectivity index (χ0v) is 28.7. The highest BCUT2D eigenvalue weighted by atomic mass is 32.2. The van der Waals surface area contributed by atoms with Gasteiger partial charge in [-0.05, 0) is 6.07 Å². The second-order valence-corrected chi connectivity index (χ2v) is 16.5. The van der Waals surface area contributed by atoms with E-state index in [1.54, 1.807) is 36.4 Å². The highest BCUT2D eigenvalue weighted by Gasteiger charge is 2.35. The van der Waals surface area contributed by atoms with Crippen LogP contribution >= 0.6 is 0 Å². The number of fused-ring (bicyclic) bond motifs is 20. The van der Waals surface area contributed by atoms with E-state index in [0.717, 1.165) is 16.8 Å². The second-order valence-electron chi connectivity index (χ2n) is 12.0. The maximum atomic E-state index is 13.3. The van der Waals surface area contributed by atoms with Crippen LogP contribution in [-0.4, -0.2) is 45.2 Å². The minimum Gasteiger partial charge on any atom is -0.324 e. The van der Waals surface area contributed by atoms with Crippen LogP contribution in [-0.2, 0) is 30.1 Å². The van der Waals surface area contributed by atoms with Crippen molar-refractivity contribution in [1.29, 1.82) is 0 Å². The van der Waals surface area contributed by atoms with Crippen LogP contribution in [0.15, 0.2) is 114 Å². The van der Waals surface area contributed by atoms with E-state index in [0.29, 0.717) is 44.2 Å². The Morgan fingerprint density at radius 1 is 0.404 bits per heavy atom. The van der Waals surface area contributed by atoms with Gasteiger partial charge in [-0.3, -0.25) is 0 Å². The molecule has 9 rings (SSSR count). The summed E-state index contributed by atoms with van der Waals surface area (Å²) in [6, 6.07) is 22.8. The topological polar surface area (TPSA) is 293 Å². The van der Waals surface area contributed by atoms with E-state index in [-0.39, 0.29) is 28.0 Å². The molecule has 1 aliphatic heterocycles. The summed E-state index contributed by atoms with van der Waals surface area (Å²) in [4.78, 5) is 28.5.